The van der Waals surface area contributed by atoms with Crippen LogP contribution < -0.4 is 9.79 Å². The van der Waals surface area contributed by atoms with Gasteiger partial charge in [0.1, 0.15) is 0 Å². The van der Waals surface area contributed by atoms with E-state index < -0.39 is 32.6 Å². The van der Waals surface area contributed by atoms with E-state index in [9.17, 15) is 8.42 Å². The first-order chi connectivity index (χ1) is 6.47. The minimum absolute atomic E-state index is 1.18. The zero-order chi connectivity index (χ0) is 12.1. The molecule has 3 nitrogen and oxygen atoms in total. The average molecular weight is 267 g/mol. The summed E-state index contributed by atoms with van der Waals surface area (Å²) in [6.45, 7) is 11.3. The second-order valence-corrected chi connectivity index (χ2v) is 17.8. The van der Waals surface area contributed by atoms with Crippen LogP contribution in [0.2, 0.25) is 39.3 Å². The molecule has 0 aromatic carbocycles. The maximum absolute atomic E-state index is 14.3. The van der Waals surface area contributed by atoms with E-state index in [-0.39, 0.29) is 0 Å². The molecule has 88 valence electrons. The van der Waals surface area contributed by atoms with Gasteiger partial charge < -0.3 is 13.7 Å². The fourth-order valence-electron chi connectivity index (χ4n) is 2.81. The molecule has 0 atom stereocenters. The van der Waals surface area contributed by atoms with Crippen LogP contribution in [0.4, 0.5) is 8.42 Å². The second-order valence-electron chi connectivity index (χ2n) is 5.51. The molecule has 1 fully saturated rings. The summed E-state index contributed by atoms with van der Waals surface area (Å²) >= 11 is 0. The van der Waals surface area contributed by atoms with Gasteiger partial charge in [0.15, 0.2) is 16.8 Å². The number of rotatable bonds is 1. The van der Waals surface area contributed by atoms with Gasteiger partial charge in [-0.25, -0.2) is 0 Å². The summed E-state index contributed by atoms with van der Waals surface area (Å²) in [4.78, 5) is 5.77. The Bertz CT molecular complexity index is 240. The molecule has 1 aliphatic heterocycles. The van der Waals surface area contributed by atoms with Crippen LogP contribution in [0, 0.1) is 0 Å². The van der Waals surface area contributed by atoms with Gasteiger partial charge in [0.2, 0.25) is 0 Å². The van der Waals surface area contributed by atoms with Crippen molar-refractivity contribution in [3.05, 3.63) is 0 Å². The number of nitrogens with zero attached hydrogens (tertiary/aromatic N) is 1. The zero-order valence-electron chi connectivity index (χ0n) is 10.3. The van der Waals surface area contributed by atoms with Gasteiger partial charge in [-0.15, -0.1) is 0 Å². The monoisotopic (exact) mass is 267 g/mol. The lowest BCUT2D eigenvalue weighted by molar-refractivity contribution is 0.651. The molecule has 15 heavy (non-hydrogen) atoms. The van der Waals surface area contributed by atoms with Gasteiger partial charge >= 0.3 is 15.8 Å². The zero-order valence-corrected chi connectivity index (χ0v) is 13.3. The van der Waals surface area contributed by atoms with E-state index >= 15 is 0 Å². The van der Waals surface area contributed by atoms with E-state index in [2.05, 4.69) is 9.79 Å². The molecular formula is C6H20BF2N3Si3. The molecule has 1 saturated heterocycles. The molecule has 0 radical (unpaired) electrons. The summed E-state index contributed by atoms with van der Waals surface area (Å²) in [5.74, 6) is 0. The summed E-state index contributed by atoms with van der Waals surface area (Å²) in [7, 11) is -8.39. The van der Waals surface area contributed by atoms with E-state index in [0.29, 0.717) is 0 Å². The molecule has 0 aliphatic carbocycles. The third-order valence-electron chi connectivity index (χ3n) is 2.61. The van der Waals surface area contributed by atoms with Gasteiger partial charge in [0, 0.05) is 0 Å². The number of hydrogen-bond donors (Lipinski definition) is 2. The first kappa shape index (κ1) is 13.5. The van der Waals surface area contributed by atoms with Crippen molar-refractivity contribution in [1.29, 1.82) is 0 Å². The molecule has 9 heteroatoms. The SMILES string of the molecule is C[Si](C)(F)N1[Si](C)(C)NB(F)N[Si]1(C)C. The summed E-state index contributed by atoms with van der Waals surface area (Å²) in [6.07, 6.45) is 0. The maximum atomic E-state index is 14.3. The number of halogens is 2. The Balaban J connectivity index is 3.09. The molecule has 0 saturated carbocycles. The Morgan fingerprint density at radius 3 is 1.67 bits per heavy atom. The molecule has 2 N–H and O–H groups in total. The van der Waals surface area contributed by atoms with Gasteiger partial charge in [-0.05, 0) is 39.3 Å². The van der Waals surface area contributed by atoms with Crippen molar-refractivity contribution in [3.8, 4) is 0 Å². The van der Waals surface area contributed by atoms with Crippen molar-refractivity contribution >= 4 is 32.6 Å². The highest BCUT2D eigenvalue weighted by Crippen LogP contribution is 2.27. The Morgan fingerprint density at radius 1 is 1.07 bits per heavy atom. The molecule has 0 spiro atoms. The van der Waals surface area contributed by atoms with Crippen molar-refractivity contribution in [2.75, 3.05) is 0 Å². The minimum atomic E-state index is -2.89. The van der Waals surface area contributed by atoms with Crippen LogP contribution in [-0.4, -0.2) is 36.5 Å². The number of hydrogen-bond acceptors (Lipinski definition) is 3. The summed E-state index contributed by atoms with van der Waals surface area (Å²) in [5, 5.41) is 0. The van der Waals surface area contributed by atoms with Crippen molar-refractivity contribution in [2.45, 2.75) is 39.3 Å². The Morgan fingerprint density at radius 2 is 1.40 bits per heavy atom. The summed E-state index contributed by atoms with van der Waals surface area (Å²) in [6, 6.07) is 0. The van der Waals surface area contributed by atoms with E-state index in [4.69, 9.17) is 0 Å². The van der Waals surface area contributed by atoms with Gasteiger partial charge in [-0.2, -0.15) is 0 Å². The van der Waals surface area contributed by atoms with Crippen LogP contribution in [0.5, 0.6) is 0 Å². The van der Waals surface area contributed by atoms with Crippen LogP contribution in [0.3, 0.4) is 0 Å². The van der Waals surface area contributed by atoms with E-state index in [1.807, 2.05) is 30.1 Å². The molecule has 0 amide bonds. The fraction of sp³-hybridized carbons (Fsp3) is 1.00. The second kappa shape index (κ2) is 3.74. The highest BCUT2D eigenvalue weighted by Gasteiger charge is 2.56. The largest absolute Gasteiger partial charge is 0.503 e. The van der Waals surface area contributed by atoms with Crippen LogP contribution in [0.25, 0.3) is 0 Å². The molecule has 1 heterocycles. The van der Waals surface area contributed by atoms with Gasteiger partial charge in [-0.3, -0.25) is 8.42 Å². The van der Waals surface area contributed by atoms with Gasteiger partial charge in [0.25, 0.3) is 0 Å². The molecule has 0 aromatic heterocycles. The Kier molecular flexibility index (Phi) is 3.37. The quantitative estimate of drug-likeness (QED) is 0.557. The summed E-state index contributed by atoms with van der Waals surface area (Å²) in [5.41, 5.74) is 0. The van der Waals surface area contributed by atoms with Crippen LogP contribution in [0.15, 0.2) is 0 Å². The first-order valence-electron chi connectivity index (χ1n) is 5.16. The summed E-state index contributed by atoms with van der Waals surface area (Å²) < 4.78 is 29.8. The lowest BCUT2D eigenvalue weighted by Crippen LogP contribution is -2.87. The molecule has 0 bridgehead atoms. The smallest absolute Gasteiger partial charge is 0.324 e. The van der Waals surface area contributed by atoms with Crippen molar-refractivity contribution in [2.24, 2.45) is 0 Å². The maximum Gasteiger partial charge on any atom is 0.503 e. The van der Waals surface area contributed by atoms with E-state index in [1.54, 1.807) is 13.1 Å². The third-order valence-corrected chi connectivity index (χ3v) is 17.7. The van der Waals surface area contributed by atoms with Gasteiger partial charge in [-0.1, -0.05) is 0 Å². The van der Waals surface area contributed by atoms with Crippen molar-refractivity contribution < 1.29 is 8.42 Å². The number of nitrogens with one attached hydrogen (secondary N) is 2. The molecule has 0 aromatic rings. The van der Waals surface area contributed by atoms with Gasteiger partial charge in [0.05, 0.1) is 0 Å². The Hall–Kier alpha value is 0.456. The van der Waals surface area contributed by atoms with Crippen molar-refractivity contribution in [3.63, 3.8) is 0 Å². The topological polar surface area (TPSA) is 27.3 Å². The van der Waals surface area contributed by atoms with Crippen LogP contribution in [-0.2, 0) is 0 Å². The highest BCUT2D eigenvalue weighted by atomic mass is 28.5. The van der Waals surface area contributed by atoms with Crippen molar-refractivity contribution in [1.82, 2.24) is 13.7 Å². The van der Waals surface area contributed by atoms with E-state index in [1.165, 1.54) is 0 Å². The molecule has 1 rings (SSSR count). The minimum Gasteiger partial charge on any atom is -0.324 e. The van der Waals surface area contributed by atoms with E-state index in [0.717, 1.165) is 0 Å². The lowest BCUT2D eigenvalue weighted by atomic mass is 10.2. The first-order valence-corrected chi connectivity index (χ1v) is 13.9. The molecule has 0 unspecified atom stereocenters. The molecule has 1 aliphatic rings. The average Bonchev–Trinajstić information content (AvgIpc) is 1.71. The predicted molar refractivity (Wildman–Crippen MR) is 68.5 cm³/mol. The normalized spacial score (nSPS) is 26.8. The van der Waals surface area contributed by atoms with Crippen LogP contribution in [0.1, 0.15) is 0 Å². The Labute approximate surface area is 94.4 Å². The standard InChI is InChI=1S/C6H20BF2N3Si3/c1-13(2,9)12-14(3,4)10-7(8)11-15(12,5)6/h10-11H,1-6H3. The molecular weight excluding hydrogens is 247 g/mol. The van der Waals surface area contributed by atoms with Crippen LogP contribution >= 0.6 is 0 Å². The highest BCUT2D eigenvalue weighted by molar-refractivity contribution is 7.07. The third kappa shape index (κ3) is 2.77. The lowest BCUT2D eigenvalue weighted by Gasteiger charge is -2.55. The fourth-order valence-corrected chi connectivity index (χ4v) is 21.6. The predicted octanol–water partition coefficient (Wildman–Crippen LogP) is 1.51.